The molecule has 160 valence electrons. The van der Waals surface area contributed by atoms with E-state index in [2.05, 4.69) is 37.8 Å². The highest BCUT2D eigenvalue weighted by molar-refractivity contribution is 14.1. The number of rotatable bonds is 5. The van der Waals surface area contributed by atoms with Crippen molar-refractivity contribution in [2.75, 3.05) is 5.32 Å². The third kappa shape index (κ3) is 4.67. The molecule has 0 saturated heterocycles. The molecule has 1 heterocycles. The first-order valence-electron chi connectivity index (χ1n) is 9.68. The van der Waals surface area contributed by atoms with Gasteiger partial charge in [0.2, 0.25) is 0 Å². The summed E-state index contributed by atoms with van der Waals surface area (Å²) < 4.78 is 32.0. The summed E-state index contributed by atoms with van der Waals surface area (Å²) in [5.41, 5.74) is 2.59. The van der Waals surface area contributed by atoms with Crippen molar-refractivity contribution in [2.24, 2.45) is 5.10 Å². The SMILES string of the molecule is Cc1c(C(=O)Nc2ccc(I)cc2)oc2c1/C(=N/NS(=O)(=O)c1ccccc1)CCC2. The number of hydrazone groups is 1. The highest BCUT2D eigenvalue weighted by atomic mass is 127. The number of sulfonamides is 1. The van der Waals surface area contributed by atoms with Crippen LogP contribution in [0.15, 0.2) is 69.0 Å². The Morgan fingerprint density at radius 2 is 1.77 bits per heavy atom. The molecule has 0 aliphatic heterocycles. The summed E-state index contributed by atoms with van der Waals surface area (Å²) in [6.07, 6.45) is 2.00. The summed E-state index contributed by atoms with van der Waals surface area (Å²) in [6.45, 7) is 1.79. The Morgan fingerprint density at radius 1 is 1.06 bits per heavy atom. The Hall–Kier alpha value is -2.66. The number of fused-ring (bicyclic) bond motifs is 1. The quantitative estimate of drug-likeness (QED) is 0.363. The van der Waals surface area contributed by atoms with Gasteiger partial charge in [-0.1, -0.05) is 18.2 Å². The molecule has 2 aromatic carbocycles. The van der Waals surface area contributed by atoms with Crippen LogP contribution in [-0.2, 0) is 16.4 Å². The Morgan fingerprint density at radius 3 is 2.48 bits per heavy atom. The number of aryl methyl sites for hydroxylation is 1. The maximum Gasteiger partial charge on any atom is 0.291 e. The Bertz CT molecular complexity index is 1250. The minimum atomic E-state index is -3.78. The number of anilines is 1. The van der Waals surface area contributed by atoms with Gasteiger partial charge in [-0.25, -0.2) is 0 Å². The molecule has 7 nitrogen and oxygen atoms in total. The van der Waals surface area contributed by atoms with Crippen LogP contribution >= 0.6 is 22.6 Å². The fraction of sp³-hybridized carbons (Fsp3) is 0.182. The first-order valence-corrected chi connectivity index (χ1v) is 12.2. The van der Waals surface area contributed by atoms with Crippen molar-refractivity contribution >= 4 is 49.9 Å². The average Bonchev–Trinajstić information content (AvgIpc) is 3.12. The Kier molecular flexibility index (Phi) is 6.15. The molecule has 0 fully saturated rings. The van der Waals surface area contributed by atoms with Crippen molar-refractivity contribution in [2.45, 2.75) is 31.1 Å². The number of nitrogens with zero attached hydrogens (tertiary/aromatic N) is 1. The summed E-state index contributed by atoms with van der Waals surface area (Å²) in [6, 6.07) is 15.5. The number of carbonyl (C=O) groups is 1. The molecule has 0 spiro atoms. The summed E-state index contributed by atoms with van der Waals surface area (Å²) in [4.78, 5) is 15.2. The molecule has 2 N–H and O–H groups in total. The van der Waals surface area contributed by atoms with E-state index in [0.29, 0.717) is 41.1 Å². The van der Waals surface area contributed by atoms with Gasteiger partial charge in [0, 0.05) is 26.8 Å². The Labute approximate surface area is 194 Å². The number of nitrogens with one attached hydrogen (secondary N) is 2. The summed E-state index contributed by atoms with van der Waals surface area (Å²) in [5.74, 6) is 0.510. The van der Waals surface area contributed by atoms with E-state index in [4.69, 9.17) is 4.42 Å². The molecular formula is C22H20IN3O4S. The third-order valence-corrected chi connectivity index (χ3v) is 6.93. The molecule has 0 atom stereocenters. The van der Waals surface area contributed by atoms with Gasteiger partial charge in [-0.15, -0.1) is 0 Å². The largest absolute Gasteiger partial charge is 0.455 e. The van der Waals surface area contributed by atoms with E-state index in [1.54, 1.807) is 25.1 Å². The van der Waals surface area contributed by atoms with E-state index in [-0.39, 0.29) is 16.6 Å². The van der Waals surface area contributed by atoms with Crippen molar-refractivity contribution in [1.82, 2.24) is 4.83 Å². The molecule has 0 bridgehead atoms. The fourth-order valence-corrected chi connectivity index (χ4v) is 4.70. The molecule has 1 amide bonds. The monoisotopic (exact) mass is 549 g/mol. The zero-order valence-corrected chi connectivity index (χ0v) is 19.7. The lowest BCUT2D eigenvalue weighted by atomic mass is 9.93. The smallest absolute Gasteiger partial charge is 0.291 e. The zero-order chi connectivity index (χ0) is 22.0. The number of amides is 1. The number of hydrogen-bond donors (Lipinski definition) is 2. The van der Waals surface area contributed by atoms with Crippen molar-refractivity contribution in [3.63, 3.8) is 0 Å². The third-order valence-electron chi connectivity index (χ3n) is 4.99. The molecule has 0 radical (unpaired) electrons. The van der Waals surface area contributed by atoms with Gasteiger partial charge >= 0.3 is 0 Å². The minimum Gasteiger partial charge on any atom is -0.455 e. The first-order chi connectivity index (χ1) is 14.8. The highest BCUT2D eigenvalue weighted by Crippen LogP contribution is 2.30. The van der Waals surface area contributed by atoms with E-state index in [0.717, 1.165) is 9.99 Å². The van der Waals surface area contributed by atoms with Gasteiger partial charge in [0.05, 0.1) is 10.6 Å². The number of benzene rings is 2. The normalized spacial score (nSPS) is 14.8. The second-order valence-corrected chi connectivity index (χ2v) is 10.0. The van der Waals surface area contributed by atoms with Crippen molar-refractivity contribution in [1.29, 1.82) is 0 Å². The van der Waals surface area contributed by atoms with Crippen LogP contribution < -0.4 is 10.1 Å². The van der Waals surface area contributed by atoms with E-state index in [1.165, 1.54) is 12.1 Å². The summed E-state index contributed by atoms with van der Waals surface area (Å²) >= 11 is 2.20. The lowest BCUT2D eigenvalue weighted by molar-refractivity contribution is 0.0994. The fourth-order valence-electron chi connectivity index (χ4n) is 3.49. The molecule has 9 heteroatoms. The number of carbonyl (C=O) groups excluding carboxylic acids is 1. The molecule has 1 aliphatic rings. The molecule has 3 aromatic rings. The first kappa shape index (κ1) is 21.6. The topological polar surface area (TPSA) is 101 Å². The molecule has 31 heavy (non-hydrogen) atoms. The van der Waals surface area contributed by atoms with Crippen LogP contribution in [0.1, 0.15) is 40.3 Å². The summed E-state index contributed by atoms with van der Waals surface area (Å²) in [5, 5.41) is 7.03. The van der Waals surface area contributed by atoms with Crippen LogP contribution in [0, 0.1) is 10.5 Å². The summed E-state index contributed by atoms with van der Waals surface area (Å²) in [7, 11) is -3.78. The van der Waals surface area contributed by atoms with Crippen LogP contribution in [0.5, 0.6) is 0 Å². The maximum atomic E-state index is 12.8. The Balaban J connectivity index is 1.60. The van der Waals surface area contributed by atoms with E-state index >= 15 is 0 Å². The predicted molar refractivity (Wildman–Crippen MR) is 127 cm³/mol. The van der Waals surface area contributed by atoms with Crippen LogP contribution in [0.25, 0.3) is 0 Å². The molecule has 0 unspecified atom stereocenters. The van der Waals surface area contributed by atoms with Gasteiger partial charge in [-0.05, 0) is 78.8 Å². The van der Waals surface area contributed by atoms with Gasteiger partial charge < -0.3 is 9.73 Å². The average molecular weight is 549 g/mol. The van der Waals surface area contributed by atoms with Crippen molar-refractivity contribution in [3.8, 4) is 0 Å². The van der Waals surface area contributed by atoms with Crippen LogP contribution in [-0.4, -0.2) is 20.0 Å². The van der Waals surface area contributed by atoms with E-state index < -0.39 is 10.0 Å². The molecule has 4 rings (SSSR count). The second kappa shape index (κ2) is 8.83. The van der Waals surface area contributed by atoms with E-state index in [9.17, 15) is 13.2 Å². The maximum absolute atomic E-state index is 12.8. The van der Waals surface area contributed by atoms with Crippen LogP contribution in [0.4, 0.5) is 5.69 Å². The van der Waals surface area contributed by atoms with Crippen molar-refractivity contribution in [3.05, 3.63) is 80.8 Å². The van der Waals surface area contributed by atoms with E-state index in [1.807, 2.05) is 24.3 Å². The minimum absolute atomic E-state index is 0.136. The zero-order valence-electron chi connectivity index (χ0n) is 16.7. The lowest BCUT2D eigenvalue weighted by Gasteiger charge is -2.14. The molecule has 0 saturated carbocycles. The number of furan rings is 1. The van der Waals surface area contributed by atoms with Gasteiger partial charge in [0.25, 0.3) is 15.9 Å². The molecule has 1 aromatic heterocycles. The predicted octanol–water partition coefficient (Wildman–Crippen LogP) is 4.46. The van der Waals surface area contributed by atoms with Crippen LogP contribution in [0.2, 0.25) is 0 Å². The van der Waals surface area contributed by atoms with Crippen LogP contribution in [0.3, 0.4) is 0 Å². The van der Waals surface area contributed by atoms with Gasteiger partial charge in [-0.2, -0.15) is 18.4 Å². The molecule has 1 aliphatic carbocycles. The second-order valence-electron chi connectivity index (χ2n) is 7.14. The highest BCUT2D eigenvalue weighted by Gasteiger charge is 2.28. The number of hydrogen-bond acceptors (Lipinski definition) is 5. The van der Waals surface area contributed by atoms with Gasteiger partial charge in [0.1, 0.15) is 5.76 Å². The molecular weight excluding hydrogens is 529 g/mol. The van der Waals surface area contributed by atoms with Crippen molar-refractivity contribution < 1.29 is 17.6 Å². The standard InChI is InChI=1S/C22H20IN3O4S/c1-14-20-18(25-26-31(28,29)17-6-3-2-4-7-17)8-5-9-19(20)30-21(14)22(27)24-16-12-10-15(23)11-13-16/h2-4,6-7,10-13,26H,5,8-9H2,1H3,(H,24,27)/b25-18+. The van der Waals surface area contributed by atoms with Gasteiger partial charge in [-0.3, -0.25) is 4.79 Å². The van der Waals surface area contributed by atoms with Gasteiger partial charge in [0.15, 0.2) is 5.76 Å². The lowest BCUT2D eigenvalue weighted by Crippen LogP contribution is -2.22. The number of halogens is 1.